The molecule has 3 aliphatic rings. The number of imide groups is 1. The van der Waals surface area contributed by atoms with Crippen molar-refractivity contribution >= 4 is 74.3 Å². The molecule has 3 aromatic heterocycles. The van der Waals surface area contributed by atoms with Crippen LogP contribution in [0.15, 0.2) is 53.5 Å². The van der Waals surface area contributed by atoms with Gasteiger partial charge in [0.25, 0.3) is 11.5 Å². The number of anilines is 4. The molecule has 3 amide bonds. The first-order valence-electron chi connectivity index (χ1n) is 17.6. The molecule has 15 nitrogen and oxygen atoms in total. The third-order valence-electron chi connectivity index (χ3n) is 10.6. The van der Waals surface area contributed by atoms with Crippen molar-refractivity contribution in [2.75, 3.05) is 55.0 Å². The van der Waals surface area contributed by atoms with E-state index in [0.717, 1.165) is 61.0 Å². The summed E-state index contributed by atoms with van der Waals surface area (Å²) < 4.78 is 8.82. The van der Waals surface area contributed by atoms with Crippen LogP contribution in [0.1, 0.15) is 37.3 Å². The number of carbonyl (C=O) groups excluding carboxylic acids is 3. The van der Waals surface area contributed by atoms with Crippen LogP contribution in [0, 0.1) is 5.41 Å². The summed E-state index contributed by atoms with van der Waals surface area (Å²) in [5.41, 5.74) is 3.92. The lowest BCUT2D eigenvalue weighted by Gasteiger charge is -2.55. The highest BCUT2D eigenvalue weighted by molar-refractivity contribution is 6.33. The van der Waals surface area contributed by atoms with Crippen molar-refractivity contribution in [1.29, 1.82) is 0 Å². The number of aromatic nitrogens is 5. The maximum absolute atomic E-state index is 12.8. The van der Waals surface area contributed by atoms with Crippen molar-refractivity contribution in [2.45, 2.75) is 31.6 Å². The number of carbonyl (C=O) groups is 3. The van der Waals surface area contributed by atoms with Crippen LogP contribution in [-0.4, -0.2) is 81.9 Å². The average molecular weight is 739 g/mol. The number of benzene rings is 2. The monoisotopic (exact) mass is 738 g/mol. The predicted molar refractivity (Wildman–Crippen MR) is 201 cm³/mol. The van der Waals surface area contributed by atoms with E-state index in [2.05, 4.69) is 42.9 Å². The number of piperidine rings is 2. The van der Waals surface area contributed by atoms with Gasteiger partial charge in [0.15, 0.2) is 18.2 Å². The first kappa shape index (κ1) is 34.4. The lowest BCUT2D eigenvalue weighted by atomic mass is 9.73. The van der Waals surface area contributed by atoms with Gasteiger partial charge in [0.1, 0.15) is 5.02 Å². The van der Waals surface area contributed by atoms with Crippen LogP contribution in [0.4, 0.5) is 23.1 Å². The molecule has 1 unspecified atom stereocenters. The minimum absolute atomic E-state index is 0.0770. The SMILES string of the molecule is CNC(=O)COc1cc2cc(Nc3nc(N4CCCC5(CN(c6ccc7c(C8CCC(=O)NC8=O)nn(C)c7c6)C5)C4)ncc3Cl)ccc2n(C)c1=O. The molecule has 2 aromatic carbocycles. The Morgan fingerprint density at radius 2 is 1.87 bits per heavy atom. The number of likely N-dealkylation sites (N-methyl/N-ethyl adjacent to an activating group) is 1. The van der Waals surface area contributed by atoms with E-state index in [-0.39, 0.29) is 41.1 Å². The largest absolute Gasteiger partial charge is 0.478 e. The minimum Gasteiger partial charge on any atom is -0.478 e. The molecule has 3 aliphatic heterocycles. The fourth-order valence-corrected chi connectivity index (χ4v) is 7.99. The quantitative estimate of drug-likeness (QED) is 0.200. The number of halogens is 1. The predicted octanol–water partition coefficient (Wildman–Crippen LogP) is 3.36. The average Bonchev–Trinajstić information content (AvgIpc) is 3.47. The number of ether oxygens (including phenoxy) is 1. The summed E-state index contributed by atoms with van der Waals surface area (Å²) in [5, 5.41) is 15.0. The second-order valence-corrected chi connectivity index (χ2v) is 14.6. The lowest BCUT2D eigenvalue weighted by molar-refractivity contribution is -0.134. The van der Waals surface area contributed by atoms with Gasteiger partial charge in [-0.15, -0.1) is 0 Å². The fourth-order valence-electron chi connectivity index (χ4n) is 7.85. The van der Waals surface area contributed by atoms with Crippen molar-refractivity contribution < 1.29 is 19.1 Å². The van der Waals surface area contributed by atoms with Gasteiger partial charge in [0, 0.05) is 81.3 Å². The number of hydrogen-bond acceptors (Lipinski definition) is 11. The molecule has 3 saturated heterocycles. The van der Waals surface area contributed by atoms with Crippen LogP contribution in [-0.2, 0) is 28.5 Å². The van der Waals surface area contributed by atoms with Crippen LogP contribution in [0.5, 0.6) is 5.75 Å². The van der Waals surface area contributed by atoms with Gasteiger partial charge in [-0.25, -0.2) is 4.98 Å². The van der Waals surface area contributed by atoms with Gasteiger partial charge in [0.05, 0.1) is 28.8 Å². The van der Waals surface area contributed by atoms with Gasteiger partial charge in [-0.05, 0) is 61.7 Å². The second-order valence-electron chi connectivity index (χ2n) is 14.2. The number of rotatable bonds is 8. The summed E-state index contributed by atoms with van der Waals surface area (Å²) in [6.07, 6.45) is 4.49. The van der Waals surface area contributed by atoms with Crippen molar-refractivity contribution in [3.8, 4) is 5.75 Å². The molecule has 3 fully saturated rings. The Hall–Kier alpha value is -5.70. The van der Waals surface area contributed by atoms with Crippen LogP contribution in [0.25, 0.3) is 21.8 Å². The number of amides is 3. The first-order chi connectivity index (χ1) is 25.5. The van der Waals surface area contributed by atoms with E-state index in [1.54, 1.807) is 19.3 Å². The molecule has 6 heterocycles. The van der Waals surface area contributed by atoms with E-state index in [1.807, 2.05) is 36.0 Å². The highest BCUT2D eigenvalue weighted by atomic mass is 35.5. The van der Waals surface area contributed by atoms with Crippen LogP contribution < -0.4 is 36.0 Å². The summed E-state index contributed by atoms with van der Waals surface area (Å²) in [6, 6.07) is 13.5. The Morgan fingerprint density at radius 1 is 1.06 bits per heavy atom. The summed E-state index contributed by atoms with van der Waals surface area (Å²) in [7, 11) is 5.05. The molecule has 0 radical (unpaired) electrons. The summed E-state index contributed by atoms with van der Waals surface area (Å²) in [4.78, 5) is 62.9. The maximum atomic E-state index is 12.8. The van der Waals surface area contributed by atoms with Crippen LogP contribution in [0.3, 0.4) is 0 Å². The zero-order valence-electron chi connectivity index (χ0n) is 29.6. The van der Waals surface area contributed by atoms with E-state index in [1.165, 1.54) is 11.6 Å². The topological polar surface area (TPSA) is 169 Å². The Kier molecular flexibility index (Phi) is 8.68. The number of nitrogens with one attached hydrogen (secondary N) is 3. The van der Waals surface area contributed by atoms with Gasteiger partial charge in [-0.3, -0.25) is 29.2 Å². The third-order valence-corrected chi connectivity index (χ3v) is 10.9. The number of hydrogen-bond donors (Lipinski definition) is 3. The van der Waals surface area contributed by atoms with Gasteiger partial charge >= 0.3 is 0 Å². The molecule has 8 rings (SSSR count). The fraction of sp³-hybridized carbons (Fsp3) is 0.378. The zero-order valence-corrected chi connectivity index (χ0v) is 30.4. The zero-order chi connectivity index (χ0) is 37.0. The molecule has 1 spiro atoms. The second kappa shape index (κ2) is 13.4. The molecule has 0 saturated carbocycles. The van der Waals surface area contributed by atoms with Crippen molar-refractivity contribution in [2.24, 2.45) is 19.5 Å². The maximum Gasteiger partial charge on any atom is 0.293 e. The molecule has 1 atom stereocenters. The van der Waals surface area contributed by atoms with Crippen LogP contribution >= 0.6 is 11.6 Å². The Labute approximate surface area is 309 Å². The summed E-state index contributed by atoms with van der Waals surface area (Å²) in [5.74, 6) is -0.152. The molecule has 16 heteroatoms. The van der Waals surface area contributed by atoms with Gasteiger partial charge < -0.3 is 29.7 Å². The van der Waals surface area contributed by atoms with Crippen molar-refractivity contribution in [3.05, 3.63) is 69.7 Å². The molecular formula is C37H39ClN10O5. The summed E-state index contributed by atoms with van der Waals surface area (Å²) in [6.45, 7) is 3.15. The molecular weight excluding hydrogens is 700 g/mol. The van der Waals surface area contributed by atoms with Gasteiger partial charge in [-0.2, -0.15) is 10.1 Å². The molecule has 0 bridgehead atoms. The van der Waals surface area contributed by atoms with E-state index < -0.39 is 5.92 Å². The highest BCUT2D eigenvalue weighted by Crippen LogP contribution is 2.43. The standard InChI is InChI=1S/C37H39ClN10O5/c1-39-31(50)17-53-29-14-21-13-22(5-9-27(21)45(2)35(29)52)41-33-26(38)16-40-36(43-33)47-12-4-11-37(18-47)19-48(20-37)23-6-7-24-28(15-23)46(3)44-32(24)25-8-10-30(49)42-34(25)51/h5-7,9,13-16,25H,4,8,10-12,17-20H2,1-3H3,(H,39,50)(H,40,41,43)(H,42,49,51). The summed E-state index contributed by atoms with van der Waals surface area (Å²) >= 11 is 6.60. The molecule has 0 aliphatic carbocycles. The van der Waals surface area contributed by atoms with E-state index >= 15 is 0 Å². The van der Waals surface area contributed by atoms with E-state index in [9.17, 15) is 19.2 Å². The Bertz CT molecular complexity index is 2370. The van der Waals surface area contributed by atoms with E-state index in [0.29, 0.717) is 46.5 Å². The Morgan fingerprint density at radius 3 is 2.66 bits per heavy atom. The smallest absolute Gasteiger partial charge is 0.293 e. The van der Waals surface area contributed by atoms with Crippen molar-refractivity contribution in [3.63, 3.8) is 0 Å². The number of pyridine rings is 1. The lowest BCUT2D eigenvalue weighted by Crippen LogP contribution is -2.63. The minimum atomic E-state index is -0.437. The van der Waals surface area contributed by atoms with Crippen molar-refractivity contribution in [1.82, 2.24) is 34.9 Å². The number of nitrogens with zero attached hydrogens (tertiary/aromatic N) is 7. The normalized spacial score (nSPS) is 18.3. The molecule has 53 heavy (non-hydrogen) atoms. The van der Waals surface area contributed by atoms with Crippen LogP contribution in [0.2, 0.25) is 5.02 Å². The Balaban J connectivity index is 0.964. The molecule has 274 valence electrons. The highest BCUT2D eigenvalue weighted by Gasteiger charge is 2.46. The number of fused-ring (bicyclic) bond motifs is 2. The first-order valence-corrected chi connectivity index (χ1v) is 18.0. The van der Waals surface area contributed by atoms with Gasteiger partial charge in [0.2, 0.25) is 17.8 Å². The van der Waals surface area contributed by atoms with Gasteiger partial charge in [-0.1, -0.05) is 11.6 Å². The third kappa shape index (κ3) is 6.38. The van der Waals surface area contributed by atoms with E-state index in [4.69, 9.17) is 26.4 Å². The molecule has 5 aromatic rings. The molecule has 3 N–H and O–H groups in total. The number of aryl methyl sites for hydroxylation is 2.